The van der Waals surface area contributed by atoms with E-state index in [4.69, 9.17) is 9.94 Å². The number of hydrogen-bond acceptors (Lipinski definition) is 4. The number of aliphatic carboxylic acids is 1. The van der Waals surface area contributed by atoms with Crippen LogP contribution in [0.25, 0.3) is 0 Å². The van der Waals surface area contributed by atoms with Gasteiger partial charge in [0, 0.05) is 0 Å². The Kier molecular flexibility index (Phi) is 6.55. The maximum atomic E-state index is 12.1. The van der Waals surface area contributed by atoms with Gasteiger partial charge in [-0.15, -0.1) is 0 Å². The molecule has 6 nitrogen and oxygen atoms in total. The monoisotopic (exact) mass is 293 g/mol. The molecule has 114 valence electrons. The standard InChI is InChI=1S/C15H19NO5/c1-11(2)8-13(15(19)20)14(18)16(10-17)21-9-12-6-4-3-5-7-12/h3-7,10-11,13H,8-9H2,1-2H3,(H,19,20). The second-order valence-electron chi connectivity index (χ2n) is 5.05. The Labute approximate surface area is 123 Å². The van der Waals surface area contributed by atoms with E-state index in [2.05, 4.69) is 0 Å². The van der Waals surface area contributed by atoms with Gasteiger partial charge in [-0.2, -0.15) is 5.06 Å². The maximum Gasteiger partial charge on any atom is 0.316 e. The van der Waals surface area contributed by atoms with Crippen LogP contribution < -0.4 is 0 Å². The van der Waals surface area contributed by atoms with E-state index in [1.54, 1.807) is 38.1 Å². The molecule has 0 saturated heterocycles. The van der Waals surface area contributed by atoms with Crippen molar-refractivity contribution in [3.05, 3.63) is 35.9 Å². The van der Waals surface area contributed by atoms with Crippen LogP contribution in [0.5, 0.6) is 0 Å². The quantitative estimate of drug-likeness (QED) is 0.449. The highest BCUT2D eigenvalue weighted by Gasteiger charge is 2.32. The van der Waals surface area contributed by atoms with Crippen molar-refractivity contribution in [1.82, 2.24) is 5.06 Å². The summed E-state index contributed by atoms with van der Waals surface area (Å²) < 4.78 is 0. The third-order valence-electron chi connectivity index (χ3n) is 2.83. The third kappa shape index (κ3) is 5.35. The minimum absolute atomic E-state index is 0.0117. The van der Waals surface area contributed by atoms with Crippen molar-refractivity contribution in [3.8, 4) is 0 Å². The number of carboxylic acid groups (broad SMARTS) is 1. The summed E-state index contributed by atoms with van der Waals surface area (Å²) in [7, 11) is 0. The van der Waals surface area contributed by atoms with Crippen LogP contribution in [0.2, 0.25) is 0 Å². The molecule has 1 N–H and O–H groups in total. The van der Waals surface area contributed by atoms with E-state index in [9.17, 15) is 14.4 Å². The molecular weight excluding hydrogens is 274 g/mol. The molecule has 6 heteroatoms. The average molecular weight is 293 g/mol. The SMILES string of the molecule is CC(C)CC(C(=O)O)C(=O)N(C=O)OCc1ccccc1. The highest BCUT2D eigenvalue weighted by atomic mass is 16.7. The van der Waals surface area contributed by atoms with Gasteiger partial charge in [-0.1, -0.05) is 44.2 Å². The zero-order chi connectivity index (χ0) is 15.8. The van der Waals surface area contributed by atoms with Crippen LogP contribution in [0.1, 0.15) is 25.8 Å². The number of carbonyl (C=O) groups excluding carboxylic acids is 2. The minimum Gasteiger partial charge on any atom is -0.481 e. The number of rotatable bonds is 8. The van der Waals surface area contributed by atoms with Gasteiger partial charge in [0.05, 0.1) is 0 Å². The summed E-state index contributed by atoms with van der Waals surface area (Å²) in [6.45, 7) is 3.62. The summed E-state index contributed by atoms with van der Waals surface area (Å²) in [5, 5.41) is 9.57. The fourth-order valence-corrected chi connectivity index (χ4v) is 1.80. The van der Waals surface area contributed by atoms with Gasteiger partial charge < -0.3 is 5.11 Å². The first kappa shape index (κ1) is 16.8. The molecule has 0 aliphatic heterocycles. The number of hydrogen-bond donors (Lipinski definition) is 1. The average Bonchev–Trinajstić information content (AvgIpc) is 2.45. The number of amides is 2. The molecule has 1 rings (SSSR count). The van der Waals surface area contributed by atoms with Crippen LogP contribution >= 0.6 is 0 Å². The predicted molar refractivity (Wildman–Crippen MR) is 74.7 cm³/mol. The van der Waals surface area contributed by atoms with E-state index in [0.29, 0.717) is 5.06 Å². The van der Waals surface area contributed by atoms with E-state index in [1.165, 1.54) is 0 Å². The van der Waals surface area contributed by atoms with Crippen molar-refractivity contribution >= 4 is 18.3 Å². The van der Waals surface area contributed by atoms with E-state index >= 15 is 0 Å². The molecule has 0 heterocycles. The molecule has 21 heavy (non-hydrogen) atoms. The van der Waals surface area contributed by atoms with Gasteiger partial charge in [0.25, 0.3) is 5.91 Å². The van der Waals surface area contributed by atoms with Crippen molar-refractivity contribution in [2.45, 2.75) is 26.9 Å². The number of benzene rings is 1. The molecule has 0 saturated carbocycles. The van der Waals surface area contributed by atoms with Gasteiger partial charge in [0.2, 0.25) is 6.41 Å². The van der Waals surface area contributed by atoms with Gasteiger partial charge in [0.1, 0.15) is 12.5 Å². The largest absolute Gasteiger partial charge is 0.481 e. The summed E-state index contributed by atoms with van der Waals surface area (Å²) in [5.74, 6) is -3.39. The van der Waals surface area contributed by atoms with Crippen molar-refractivity contribution in [2.75, 3.05) is 0 Å². The van der Waals surface area contributed by atoms with Crippen LogP contribution in [0, 0.1) is 11.8 Å². The molecule has 0 spiro atoms. The Morgan fingerprint density at radius 1 is 1.29 bits per heavy atom. The molecule has 1 atom stereocenters. The number of hydroxylamine groups is 2. The van der Waals surface area contributed by atoms with Crippen molar-refractivity contribution in [1.29, 1.82) is 0 Å². The minimum atomic E-state index is -1.29. The normalized spacial score (nSPS) is 12.0. The van der Waals surface area contributed by atoms with Crippen LogP contribution in [-0.2, 0) is 25.8 Å². The number of carboxylic acids is 1. The second-order valence-corrected chi connectivity index (χ2v) is 5.05. The lowest BCUT2D eigenvalue weighted by Crippen LogP contribution is -2.39. The van der Waals surface area contributed by atoms with Gasteiger partial charge in [-0.05, 0) is 17.9 Å². The van der Waals surface area contributed by atoms with Gasteiger partial charge in [-0.25, -0.2) is 0 Å². The topological polar surface area (TPSA) is 83.9 Å². The molecule has 1 unspecified atom stereocenters. The summed E-state index contributed by atoms with van der Waals surface area (Å²) in [4.78, 5) is 39.3. The van der Waals surface area contributed by atoms with Crippen LogP contribution in [-0.4, -0.2) is 28.5 Å². The zero-order valence-electron chi connectivity index (χ0n) is 12.1. The molecule has 0 aromatic heterocycles. The zero-order valence-corrected chi connectivity index (χ0v) is 12.1. The first-order valence-electron chi connectivity index (χ1n) is 6.63. The summed E-state index contributed by atoms with van der Waals surface area (Å²) in [6.07, 6.45) is 0.342. The van der Waals surface area contributed by atoms with Crippen LogP contribution in [0.3, 0.4) is 0 Å². The number of carbonyl (C=O) groups is 3. The third-order valence-corrected chi connectivity index (χ3v) is 2.83. The molecule has 0 fully saturated rings. The van der Waals surface area contributed by atoms with E-state index < -0.39 is 17.8 Å². The number of nitrogens with zero attached hydrogens (tertiary/aromatic N) is 1. The predicted octanol–water partition coefficient (Wildman–Crippen LogP) is 1.85. The summed E-state index contributed by atoms with van der Waals surface area (Å²) in [5.41, 5.74) is 0.771. The molecule has 1 aromatic carbocycles. The fourth-order valence-electron chi connectivity index (χ4n) is 1.80. The Hall–Kier alpha value is -2.21. The lowest BCUT2D eigenvalue weighted by Gasteiger charge is -2.20. The van der Waals surface area contributed by atoms with Crippen molar-refractivity contribution < 1.29 is 24.3 Å². The first-order valence-corrected chi connectivity index (χ1v) is 6.63. The van der Waals surface area contributed by atoms with Crippen molar-refractivity contribution in [2.24, 2.45) is 11.8 Å². The Morgan fingerprint density at radius 2 is 1.90 bits per heavy atom. The van der Waals surface area contributed by atoms with Crippen LogP contribution in [0.15, 0.2) is 30.3 Å². The van der Waals surface area contributed by atoms with Gasteiger partial charge in [0.15, 0.2) is 0 Å². The molecular formula is C15H19NO5. The highest BCUT2D eigenvalue weighted by Crippen LogP contribution is 2.15. The molecule has 0 aliphatic rings. The first-order chi connectivity index (χ1) is 9.95. The molecule has 2 amide bonds. The van der Waals surface area contributed by atoms with E-state index in [1.807, 2.05) is 6.07 Å². The van der Waals surface area contributed by atoms with Gasteiger partial charge >= 0.3 is 5.97 Å². The fraction of sp³-hybridized carbons (Fsp3) is 0.400. The molecule has 0 bridgehead atoms. The van der Waals surface area contributed by atoms with Crippen LogP contribution in [0.4, 0.5) is 0 Å². The van der Waals surface area contributed by atoms with Crippen molar-refractivity contribution in [3.63, 3.8) is 0 Å². The van der Waals surface area contributed by atoms with E-state index in [-0.39, 0.29) is 25.4 Å². The Balaban J connectivity index is 2.70. The lowest BCUT2D eigenvalue weighted by molar-refractivity contribution is -0.195. The number of imide groups is 1. The second kappa shape index (κ2) is 8.16. The summed E-state index contributed by atoms with van der Waals surface area (Å²) in [6, 6.07) is 8.97. The highest BCUT2D eigenvalue weighted by molar-refractivity contribution is 6.00. The lowest BCUT2D eigenvalue weighted by atomic mass is 9.96. The smallest absolute Gasteiger partial charge is 0.316 e. The molecule has 1 aromatic rings. The molecule has 0 radical (unpaired) electrons. The van der Waals surface area contributed by atoms with E-state index in [0.717, 1.165) is 5.56 Å². The molecule has 0 aliphatic carbocycles. The van der Waals surface area contributed by atoms with Gasteiger partial charge in [-0.3, -0.25) is 19.2 Å². The Morgan fingerprint density at radius 3 is 2.38 bits per heavy atom. The summed E-state index contributed by atoms with van der Waals surface area (Å²) >= 11 is 0. The Bertz CT molecular complexity index is 486. The maximum absolute atomic E-state index is 12.1.